The van der Waals surface area contributed by atoms with Crippen LogP contribution in [0.1, 0.15) is 12.6 Å². The van der Waals surface area contributed by atoms with Crippen LogP contribution < -0.4 is 10.6 Å². The Labute approximate surface area is 124 Å². The van der Waals surface area contributed by atoms with Crippen molar-refractivity contribution in [1.82, 2.24) is 20.0 Å². The van der Waals surface area contributed by atoms with E-state index in [4.69, 9.17) is 0 Å². The Balaban J connectivity index is 1.99. The molecule has 6 nitrogen and oxygen atoms in total. The molecule has 0 fully saturated rings. The maximum Gasteiger partial charge on any atom is 0.239 e. The fourth-order valence-electron chi connectivity index (χ4n) is 1.78. The van der Waals surface area contributed by atoms with Crippen molar-refractivity contribution in [3.63, 3.8) is 0 Å². The molecule has 2 N–H and O–H groups in total. The normalized spacial score (nSPS) is 10.5. The summed E-state index contributed by atoms with van der Waals surface area (Å²) in [5.41, 5.74) is 1.41. The van der Waals surface area contributed by atoms with Gasteiger partial charge in [-0.05, 0) is 35.0 Å². The second-order valence-electron chi connectivity index (χ2n) is 4.19. The Hall–Kier alpha value is -1.89. The van der Waals surface area contributed by atoms with Gasteiger partial charge in [-0.3, -0.25) is 14.0 Å². The maximum atomic E-state index is 11.8. The zero-order valence-electron chi connectivity index (χ0n) is 11.0. The van der Waals surface area contributed by atoms with Crippen LogP contribution in [-0.2, 0) is 16.0 Å². The molecule has 0 spiro atoms. The quantitative estimate of drug-likeness (QED) is 0.850. The van der Waals surface area contributed by atoms with E-state index in [1.165, 1.54) is 0 Å². The Bertz CT molecular complexity index is 638. The van der Waals surface area contributed by atoms with E-state index < -0.39 is 0 Å². The van der Waals surface area contributed by atoms with Crippen LogP contribution in [0.2, 0.25) is 0 Å². The Morgan fingerprint density at radius 3 is 2.80 bits per heavy atom. The van der Waals surface area contributed by atoms with Crippen LogP contribution in [0.15, 0.2) is 29.0 Å². The van der Waals surface area contributed by atoms with Crippen molar-refractivity contribution < 1.29 is 9.59 Å². The third kappa shape index (κ3) is 3.36. The van der Waals surface area contributed by atoms with Gasteiger partial charge < -0.3 is 10.6 Å². The standard InChI is InChI=1S/C13H15BrN4O2/c1-2-15-12(20)8-16-11(19)7-9-13(14)18-6-4-3-5-10(18)17-9/h3-6H,2,7-8H2,1H3,(H,15,20)(H,16,19). The first kappa shape index (κ1) is 14.5. The van der Waals surface area contributed by atoms with Crippen molar-refractivity contribution in [2.45, 2.75) is 13.3 Å². The molecule has 0 radical (unpaired) electrons. The van der Waals surface area contributed by atoms with Gasteiger partial charge in [0.25, 0.3) is 0 Å². The number of fused-ring (bicyclic) bond motifs is 1. The van der Waals surface area contributed by atoms with Crippen LogP contribution >= 0.6 is 15.9 Å². The number of carbonyl (C=O) groups excluding carboxylic acids is 2. The smallest absolute Gasteiger partial charge is 0.239 e. The van der Waals surface area contributed by atoms with Crippen molar-refractivity contribution in [3.8, 4) is 0 Å². The van der Waals surface area contributed by atoms with E-state index in [9.17, 15) is 9.59 Å². The van der Waals surface area contributed by atoms with E-state index in [0.29, 0.717) is 12.2 Å². The summed E-state index contributed by atoms with van der Waals surface area (Å²) in [7, 11) is 0. The van der Waals surface area contributed by atoms with E-state index >= 15 is 0 Å². The lowest BCUT2D eigenvalue weighted by Crippen LogP contribution is -2.37. The van der Waals surface area contributed by atoms with E-state index in [1.807, 2.05) is 35.7 Å². The molecule has 0 unspecified atom stereocenters. The largest absolute Gasteiger partial charge is 0.355 e. The molecule has 2 aromatic heterocycles. The summed E-state index contributed by atoms with van der Waals surface area (Å²) in [6, 6.07) is 5.63. The van der Waals surface area contributed by atoms with Gasteiger partial charge in [0.15, 0.2) is 0 Å². The molecule has 0 saturated carbocycles. The van der Waals surface area contributed by atoms with Crippen molar-refractivity contribution >= 4 is 33.4 Å². The monoisotopic (exact) mass is 338 g/mol. The van der Waals surface area contributed by atoms with E-state index in [2.05, 4.69) is 31.5 Å². The third-order valence-electron chi connectivity index (χ3n) is 2.69. The van der Waals surface area contributed by atoms with Crippen LogP contribution in [0.3, 0.4) is 0 Å². The van der Waals surface area contributed by atoms with Gasteiger partial charge in [-0.2, -0.15) is 0 Å². The molecule has 0 aliphatic rings. The third-order valence-corrected chi connectivity index (χ3v) is 3.53. The topological polar surface area (TPSA) is 75.5 Å². The predicted molar refractivity (Wildman–Crippen MR) is 78.3 cm³/mol. The molecular formula is C13H15BrN4O2. The fraction of sp³-hybridized carbons (Fsp3) is 0.308. The van der Waals surface area contributed by atoms with Crippen molar-refractivity contribution in [2.75, 3.05) is 13.1 Å². The summed E-state index contributed by atoms with van der Waals surface area (Å²) < 4.78 is 2.60. The lowest BCUT2D eigenvalue weighted by atomic mass is 10.3. The van der Waals surface area contributed by atoms with E-state index in [-0.39, 0.29) is 24.8 Å². The first-order valence-electron chi connectivity index (χ1n) is 6.26. The van der Waals surface area contributed by atoms with Crippen LogP contribution in [0.25, 0.3) is 5.65 Å². The number of aromatic nitrogens is 2. The average Bonchev–Trinajstić information content (AvgIpc) is 2.74. The number of halogens is 1. The highest BCUT2D eigenvalue weighted by molar-refractivity contribution is 9.10. The summed E-state index contributed by atoms with van der Waals surface area (Å²) in [4.78, 5) is 27.4. The number of carbonyl (C=O) groups is 2. The summed E-state index contributed by atoms with van der Waals surface area (Å²) in [5.74, 6) is -0.435. The second kappa shape index (κ2) is 6.51. The Morgan fingerprint density at radius 2 is 2.10 bits per heavy atom. The van der Waals surface area contributed by atoms with Gasteiger partial charge in [0, 0.05) is 12.7 Å². The summed E-state index contributed by atoms with van der Waals surface area (Å²) in [6.45, 7) is 2.36. The minimum atomic E-state index is -0.236. The number of imidazole rings is 1. The highest BCUT2D eigenvalue weighted by Crippen LogP contribution is 2.19. The molecule has 0 aliphatic carbocycles. The first-order valence-corrected chi connectivity index (χ1v) is 7.06. The van der Waals surface area contributed by atoms with Crippen LogP contribution in [0.5, 0.6) is 0 Å². The minimum Gasteiger partial charge on any atom is -0.355 e. The molecule has 0 saturated heterocycles. The average molecular weight is 339 g/mol. The van der Waals surface area contributed by atoms with Crippen LogP contribution in [0.4, 0.5) is 0 Å². The number of nitrogens with one attached hydrogen (secondary N) is 2. The van der Waals surface area contributed by atoms with Crippen molar-refractivity contribution in [2.24, 2.45) is 0 Å². The highest BCUT2D eigenvalue weighted by atomic mass is 79.9. The molecule has 2 aromatic rings. The summed E-state index contributed by atoms with van der Waals surface area (Å²) >= 11 is 3.43. The molecular weight excluding hydrogens is 324 g/mol. The van der Waals surface area contributed by atoms with E-state index in [1.54, 1.807) is 0 Å². The number of rotatable bonds is 5. The molecule has 2 rings (SSSR count). The van der Waals surface area contributed by atoms with Crippen LogP contribution in [-0.4, -0.2) is 34.3 Å². The molecule has 0 bridgehead atoms. The number of pyridine rings is 1. The van der Waals surface area contributed by atoms with Gasteiger partial charge in [-0.15, -0.1) is 0 Å². The van der Waals surface area contributed by atoms with Gasteiger partial charge in [0.1, 0.15) is 10.3 Å². The predicted octanol–water partition coefficient (Wildman–Crippen LogP) is 0.892. The molecule has 2 amide bonds. The Morgan fingerprint density at radius 1 is 1.30 bits per heavy atom. The lowest BCUT2D eigenvalue weighted by Gasteiger charge is -2.04. The number of likely N-dealkylation sites (N-methyl/N-ethyl adjacent to an activating group) is 1. The fourth-order valence-corrected chi connectivity index (χ4v) is 2.31. The van der Waals surface area contributed by atoms with Gasteiger partial charge in [-0.25, -0.2) is 4.98 Å². The SMILES string of the molecule is CCNC(=O)CNC(=O)Cc1nc2ccccn2c1Br. The number of nitrogens with zero attached hydrogens (tertiary/aromatic N) is 2. The van der Waals surface area contributed by atoms with Crippen molar-refractivity contribution in [1.29, 1.82) is 0 Å². The molecule has 0 atom stereocenters. The molecule has 2 heterocycles. The molecule has 20 heavy (non-hydrogen) atoms. The van der Waals surface area contributed by atoms with Crippen molar-refractivity contribution in [3.05, 3.63) is 34.7 Å². The summed E-state index contributed by atoms with van der Waals surface area (Å²) in [6.07, 6.45) is 1.99. The van der Waals surface area contributed by atoms with E-state index in [0.717, 1.165) is 10.3 Å². The zero-order valence-corrected chi connectivity index (χ0v) is 12.6. The molecule has 0 aliphatic heterocycles. The number of hydrogen-bond donors (Lipinski definition) is 2. The van der Waals surface area contributed by atoms with Crippen LogP contribution in [0, 0.1) is 0 Å². The van der Waals surface area contributed by atoms with Gasteiger partial charge in [0.2, 0.25) is 11.8 Å². The second-order valence-corrected chi connectivity index (χ2v) is 4.94. The van der Waals surface area contributed by atoms with Gasteiger partial charge in [-0.1, -0.05) is 6.07 Å². The Kier molecular flexibility index (Phi) is 4.73. The maximum absolute atomic E-state index is 11.8. The van der Waals surface area contributed by atoms with Gasteiger partial charge >= 0.3 is 0 Å². The molecule has 7 heteroatoms. The zero-order chi connectivity index (χ0) is 14.5. The molecule has 106 valence electrons. The molecule has 0 aromatic carbocycles. The van der Waals surface area contributed by atoms with Gasteiger partial charge in [0.05, 0.1) is 18.7 Å². The first-order chi connectivity index (χ1) is 9.61. The lowest BCUT2D eigenvalue weighted by molar-refractivity contribution is -0.125. The number of amides is 2. The number of hydrogen-bond acceptors (Lipinski definition) is 3. The summed E-state index contributed by atoms with van der Waals surface area (Å²) in [5, 5.41) is 5.18. The highest BCUT2D eigenvalue weighted by Gasteiger charge is 2.13. The minimum absolute atomic E-state index is 0.0162.